The Balaban J connectivity index is 2.20. The van der Waals surface area contributed by atoms with Gasteiger partial charge in [0.15, 0.2) is 0 Å². The molecule has 26 heavy (non-hydrogen) atoms. The molecule has 0 saturated heterocycles. The summed E-state index contributed by atoms with van der Waals surface area (Å²) in [4.78, 5) is 23.4. The molecule has 0 radical (unpaired) electrons. The lowest BCUT2D eigenvalue weighted by Crippen LogP contribution is -2.18. The summed E-state index contributed by atoms with van der Waals surface area (Å²) in [6.45, 7) is 0. The van der Waals surface area contributed by atoms with Crippen LogP contribution >= 0.6 is 0 Å². The fraction of sp³-hybridized carbons (Fsp3) is 0. The maximum absolute atomic E-state index is 13.7. The molecule has 0 fully saturated rings. The second kappa shape index (κ2) is 7.16. The number of hydrogen-bond donors (Lipinski definition) is 3. The van der Waals surface area contributed by atoms with Gasteiger partial charge in [-0.15, -0.1) is 0 Å². The third-order valence-electron chi connectivity index (χ3n) is 4.00. The topological polar surface area (TPSA) is 92.4 Å². The number of carbonyl (C=O) groups is 2. The summed E-state index contributed by atoms with van der Waals surface area (Å²) in [6.07, 6.45) is 0. The lowest BCUT2D eigenvalue weighted by atomic mass is 9.90. The zero-order valence-electron chi connectivity index (χ0n) is 13.6. The van der Waals surface area contributed by atoms with Crippen LogP contribution in [0.4, 0.5) is 4.39 Å². The molecule has 3 aromatic carbocycles. The van der Waals surface area contributed by atoms with Gasteiger partial charge in [-0.05, 0) is 47.0 Å². The Bertz CT molecular complexity index is 985. The molecule has 3 aromatic rings. The monoisotopic (exact) mass is 350 g/mol. The Morgan fingerprint density at radius 3 is 2.23 bits per heavy atom. The number of primary amides is 1. The first-order chi connectivity index (χ1) is 12.5. The van der Waals surface area contributed by atoms with Gasteiger partial charge in [0, 0.05) is 16.7 Å². The van der Waals surface area contributed by atoms with Gasteiger partial charge < -0.3 is 5.73 Å². The van der Waals surface area contributed by atoms with Crippen LogP contribution in [0.25, 0.3) is 22.3 Å². The molecule has 0 heterocycles. The van der Waals surface area contributed by atoms with Crippen LogP contribution in [0.1, 0.15) is 20.7 Å². The van der Waals surface area contributed by atoms with Gasteiger partial charge in [0.05, 0.1) is 0 Å². The van der Waals surface area contributed by atoms with E-state index in [9.17, 15) is 14.0 Å². The number of nitrogens with one attached hydrogen (secondary N) is 1. The summed E-state index contributed by atoms with van der Waals surface area (Å²) in [7, 11) is 0. The normalized spacial score (nSPS) is 10.4. The first-order valence-corrected chi connectivity index (χ1v) is 7.75. The highest BCUT2D eigenvalue weighted by Gasteiger charge is 2.16. The summed E-state index contributed by atoms with van der Waals surface area (Å²) >= 11 is 0. The van der Waals surface area contributed by atoms with Crippen LogP contribution in [0.5, 0.6) is 0 Å². The van der Waals surface area contributed by atoms with Crippen molar-refractivity contribution >= 4 is 11.8 Å². The molecule has 0 spiro atoms. The van der Waals surface area contributed by atoms with Crippen LogP contribution < -0.4 is 11.2 Å². The largest absolute Gasteiger partial charge is 0.366 e. The SMILES string of the molecule is NC(=O)c1cccc(-c2ccc(C(=O)NO)cc2)c1-c1cccc(F)c1. The van der Waals surface area contributed by atoms with Crippen LogP contribution in [0, 0.1) is 5.82 Å². The van der Waals surface area contributed by atoms with E-state index < -0.39 is 17.6 Å². The van der Waals surface area contributed by atoms with Gasteiger partial charge in [0.25, 0.3) is 5.91 Å². The molecule has 6 heteroatoms. The predicted octanol–water partition coefficient (Wildman–Crippen LogP) is 3.38. The van der Waals surface area contributed by atoms with E-state index in [0.29, 0.717) is 22.3 Å². The molecule has 0 unspecified atom stereocenters. The molecule has 0 atom stereocenters. The highest BCUT2D eigenvalue weighted by atomic mass is 19.1. The zero-order chi connectivity index (χ0) is 18.7. The van der Waals surface area contributed by atoms with E-state index in [2.05, 4.69) is 0 Å². The quantitative estimate of drug-likeness (QED) is 0.497. The van der Waals surface area contributed by atoms with Crippen molar-refractivity contribution in [2.75, 3.05) is 0 Å². The van der Waals surface area contributed by atoms with Gasteiger partial charge >= 0.3 is 0 Å². The Kier molecular flexibility index (Phi) is 4.77. The number of halogens is 1. The minimum atomic E-state index is -0.632. The maximum Gasteiger partial charge on any atom is 0.274 e. The Morgan fingerprint density at radius 2 is 1.62 bits per heavy atom. The first-order valence-electron chi connectivity index (χ1n) is 7.75. The molecule has 0 saturated carbocycles. The smallest absolute Gasteiger partial charge is 0.274 e. The van der Waals surface area contributed by atoms with Crippen LogP contribution in [-0.2, 0) is 0 Å². The molecule has 0 aliphatic carbocycles. The van der Waals surface area contributed by atoms with Crippen molar-refractivity contribution < 1.29 is 19.2 Å². The molecular formula is C20H15FN2O3. The Labute approximate surface area is 148 Å². The van der Waals surface area contributed by atoms with E-state index in [1.165, 1.54) is 24.3 Å². The Hall–Kier alpha value is -3.51. The van der Waals surface area contributed by atoms with E-state index in [-0.39, 0.29) is 11.1 Å². The molecule has 2 amide bonds. The molecule has 0 aliphatic rings. The van der Waals surface area contributed by atoms with Gasteiger partial charge in [-0.25, -0.2) is 9.87 Å². The zero-order valence-corrected chi connectivity index (χ0v) is 13.6. The second-order valence-electron chi connectivity index (χ2n) is 5.62. The van der Waals surface area contributed by atoms with E-state index in [4.69, 9.17) is 10.9 Å². The molecule has 4 N–H and O–H groups in total. The van der Waals surface area contributed by atoms with Crippen molar-refractivity contribution in [3.63, 3.8) is 0 Å². The molecule has 3 rings (SSSR count). The third kappa shape index (κ3) is 3.31. The van der Waals surface area contributed by atoms with Crippen LogP contribution in [0.2, 0.25) is 0 Å². The number of hydrogen-bond acceptors (Lipinski definition) is 3. The van der Waals surface area contributed by atoms with Crippen molar-refractivity contribution in [1.82, 2.24) is 5.48 Å². The van der Waals surface area contributed by atoms with Crippen LogP contribution in [-0.4, -0.2) is 17.0 Å². The summed E-state index contributed by atoms with van der Waals surface area (Å²) in [6, 6.07) is 17.4. The van der Waals surface area contributed by atoms with Gasteiger partial charge in [-0.1, -0.05) is 36.4 Å². The number of nitrogens with two attached hydrogens (primary N) is 1. The average Bonchev–Trinajstić information content (AvgIpc) is 2.66. The van der Waals surface area contributed by atoms with E-state index in [1.807, 2.05) is 0 Å². The highest BCUT2D eigenvalue weighted by molar-refractivity contribution is 6.04. The molecule has 0 bridgehead atoms. The fourth-order valence-corrected chi connectivity index (χ4v) is 2.82. The molecule has 0 aliphatic heterocycles. The van der Waals surface area contributed by atoms with Gasteiger partial charge in [0.1, 0.15) is 5.82 Å². The van der Waals surface area contributed by atoms with Gasteiger partial charge in [0.2, 0.25) is 5.91 Å². The number of benzene rings is 3. The number of carbonyl (C=O) groups excluding carboxylic acids is 2. The summed E-state index contributed by atoms with van der Waals surface area (Å²) in [5, 5.41) is 8.70. The Morgan fingerprint density at radius 1 is 0.923 bits per heavy atom. The number of amides is 2. The standard InChI is InChI=1S/C20H15FN2O3/c21-15-4-1-3-14(11-15)18-16(5-2-6-17(18)19(22)24)12-7-9-13(10-8-12)20(25)23-26/h1-11,26H,(H2,22,24)(H,23,25). The highest BCUT2D eigenvalue weighted by Crippen LogP contribution is 2.35. The predicted molar refractivity (Wildman–Crippen MR) is 95.0 cm³/mol. The van der Waals surface area contributed by atoms with Crippen LogP contribution in [0.15, 0.2) is 66.7 Å². The van der Waals surface area contributed by atoms with Crippen molar-refractivity contribution in [3.8, 4) is 22.3 Å². The second-order valence-corrected chi connectivity index (χ2v) is 5.62. The van der Waals surface area contributed by atoms with E-state index in [1.54, 1.807) is 47.9 Å². The average molecular weight is 350 g/mol. The van der Waals surface area contributed by atoms with Crippen molar-refractivity contribution in [2.45, 2.75) is 0 Å². The van der Waals surface area contributed by atoms with Crippen molar-refractivity contribution in [3.05, 3.63) is 83.7 Å². The van der Waals surface area contributed by atoms with Crippen molar-refractivity contribution in [1.29, 1.82) is 0 Å². The third-order valence-corrected chi connectivity index (χ3v) is 4.00. The summed E-state index contributed by atoms with van der Waals surface area (Å²) < 4.78 is 13.7. The molecule has 130 valence electrons. The molecular weight excluding hydrogens is 335 g/mol. The van der Waals surface area contributed by atoms with Gasteiger partial charge in [-0.3, -0.25) is 14.8 Å². The summed E-state index contributed by atoms with van der Waals surface area (Å²) in [5.41, 5.74) is 10.0. The lowest BCUT2D eigenvalue weighted by Gasteiger charge is -2.14. The number of rotatable bonds is 4. The van der Waals surface area contributed by atoms with E-state index >= 15 is 0 Å². The molecule has 5 nitrogen and oxygen atoms in total. The fourth-order valence-electron chi connectivity index (χ4n) is 2.82. The van der Waals surface area contributed by atoms with Crippen LogP contribution in [0.3, 0.4) is 0 Å². The van der Waals surface area contributed by atoms with E-state index in [0.717, 1.165) is 0 Å². The maximum atomic E-state index is 13.7. The minimum Gasteiger partial charge on any atom is -0.366 e. The molecule has 0 aromatic heterocycles. The van der Waals surface area contributed by atoms with Crippen molar-refractivity contribution in [2.24, 2.45) is 5.73 Å². The summed E-state index contributed by atoms with van der Waals surface area (Å²) in [5.74, 6) is -1.68. The first kappa shape index (κ1) is 17.3. The lowest BCUT2D eigenvalue weighted by molar-refractivity contribution is 0.0706. The number of hydroxylamine groups is 1. The minimum absolute atomic E-state index is 0.269. The van der Waals surface area contributed by atoms with Gasteiger partial charge in [-0.2, -0.15) is 0 Å².